The Morgan fingerprint density at radius 3 is 2.68 bits per heavy atom. The van der Waals surface area contributed by atoms with Crippen molar-refractivity contribution >= 4 is 23.8 Å². The third-order valence-corrected chi connectivity index (χ3v) is 3.41. The molecule has 3 rings (SSSR count). The van der Waals surface area contributed by atoms with Crippen molar-refractivity contribution in [2.24, 2.45) is 0 Å². The zero-order valence-electron chi connectivity index (χ0n) is 11.8. The molecule has 1 aromatic heterocycles. The van der Waals surface area contributed by atoms with Crippen molar-refractivity contribution in [1.82, 2.24) is 20.2 Å². The maximum Gasteiger partial charge on any atom is 0.255 e. The number of nitrogens with zero attached hydrogens (tertiary/aromatic N) is 3. The van der Waals surface area contributed by atoms with Gasteiger partial charge in [-0.2, -0.15) is 5.21 Å². The number of hydrogen-bond acceptors (Lipinski definition) is 4. The van der Waals surface area contributed by atoms with Crippen molar-refractivity contribution in [2.75, 3.05) is 5.32 Å². The topological polar surface area (TPSA) is 75.6 Å². The quantitative estimate of drug-likeness (QED) is 0.729. The lowest BCUT2D eigenvalue weighted by Crippen LogP contribution is -2.12. The number of aromatic amines is 1. The van der Waals surface area contributed by atoms with Crippen LogP contribution in [0.3, 0.4) is 0 Å². The van der Waals surface area contributed by atoms with Crippen LogP contribution < -0.4 is 5.32 Å². The maximum atomic E-state index is 12.3. The lowest BCUT2D eigenvalue weighted by molar-refractivity contribution is 0.102. The summed E-state index contributed by atoms with van der Waals surface area (Å²) in [6, 6.07) is 14.7. The Balaban J connectivity index is 1.86. The van der Waals surface area contributed by atoms with Gasteiger partial charge in [0, 0.05) is 11.3 Å². The fraction of sp³-hybridized carbons (Fsp3) is 0.0667. The number of H-pyrrole nitrogens is 1. The van der Waals surface area contributed by atoms with Crippen molar-refractivity contribution in [3.05, 3.63) is 64.4 Å². The third kappa shape index (κ3) is 2.94. The van der Waals surface area contributed by atoms with Gasteiger partial charge in [-0.15, -0.1) is 0 Å². The van der Waals surface area contributed by atoms with E-state index in [9.17, 15) is 4.79 Å². The highest BCUT2D eigenvalue weighted by molar-refractivity contribution is 7.71. The van der Waals surface area contributed by atoms with Crippen LogP contribution in [-0.4, -0.2) is 26.1 Å². The SMILES string of the molecule is Cc1ccc(NC(=O)c2cccc(-n3[nH]nnc3=S)c2)cc1. The van der Waals surface area contributed by atoms with E-state index in [0.29, 0.717) is 16.0 Å². The highest BCUT2D eigenvalue weighted by Crippen LogP contribution is 2.13. The van der Waals surface area contributed by atoms with Gasteiger partial charge in [-0.05, 0) is 49.5 Å². The first-order chi connectivity index (χ1) is 10.6. The number of hydrogen-bond donors (Lipinski definition) is 2. The normalized spacial score (nSPS) is 10.4. The second-order valence-corrected chi connectivity index (χ2v) is 5.15. The molecule has 1 heterocycles. The summed E-state index contributed by atoms with van der Waals surface area (Å²) in [5, 5.41) is 12.9. The first kappa shape index (κ1) is 14.2. The van der Waals surface area contributed by atoms with Crippen LogP contribution in [0.2, 0.25) is 0 Å². The summed E-state index contributed by atoms with van der Waals surface area (Å²) in [4.78, 5) is 12.3. The van der Waals surface area contributed by atoms with Crippen molar-refractivity contribution in [3.63, 3.8) is 0 Å². The van der Waals surface area contributed by atoms with Gasteiger partial charge < -0.3 is 5.32 Å². The number of benzene rings is 2. The third-order valence-electron chi connectivity index (χ3n) is 3.15. The standard InChI is InChI=1S/C15H13N5OS/c1-10-5-7-12(8-6-10)16-14(21)11-3-2-4-13(9-11)20-15(22)17-18-19-20/h2-9H,1H3,(H,16,21)(H,17,19,22). The van der Waals surface area contributed by atoms with Gasteiger partial charge in [0.2, 0.25) is 4.77 Å². The Morgan fingerprint density at radius 1 is 1.23 bits per heavy atom. The number of rotatable bonds is 3. The summed E-state index contributed by atoms with van der Waals surface area (Å²) in [5.41, 5.74) is 3.11. The molecule has 0 aliphatic carbocycles. The van der Waals surface area contributed by atoms with Crippen molar-refractivity contribution in [3.8, 4) is 5.69 Å². The average molecular weight is 311 g/mol. The van der Waals surface area contributed by atoms with Crippen molar-refractivity contribution in [1.29, 1.82) is 0 Å². The van der Waals surface area contributed by atoms with Gasteiger partial charge in [0.25, 0.3) is 5.91 Å². The number of amides is 1. The van der Waals surface area contributed by atoms with Crippen LogP contribution >= 0.6 is 12.2 Å². The van der Waals surface area contributed by atoms with Crippen LogP contribution in [-0.2, 0) is 0 Å². The minimum atomic E-state index is -0.190. The van der Waals surface area contributed by atoms with Crippen LogP contribution in [0.1, 0.15) is 15.9 Å². The Kier molecular flexibility index (Phi) is 3.80. The molecule has 110 valence electrons. The van der Waals surface area contributed by atoms with Gasteiger partial charge in [0.05, 0.1) is 5.69 Å². The predicted molar refractivity (Wildman–Crippen MR) is 85.7 cm³/mol. The molecule has 0 fully saturated rings. The Hall–Kier alpha value is -2.80. The molecule has 6 nitrogen and oxygen atoms in total. The number of carbonyl (C=O) groups excluding carboxylic acids is 1. The van der Waals surface area contributed by atoms with E-state index in [4.69, 9.17) is 12.2 Å². The van der Waals surface area contributed by atoms with Crippen LogP contribution in [0.25, 0.3) is 5.69 Å². The van der Waals surface area contributed by atoms with Gasteiger partial charge in [0.15, 0.2) is 0 Å². The molecule has 2 aromatic carbocycles. The number of aromatic nitrogens is 4. The minimum Gasteiger partial charge on any atom is -0.322 e. The Morgan fingerprint density at radius 2 is 2.00 bits per heavy atom. The van der Waals surface area contributed by atoms with E-state index < -0.39 is 0 Å². The average Bonchev–Trinajstić information content (AvgIpc) is 2.96. The molecule has 0 saturated carbocycles. The number of aryl methyl sites for hydroxylation is 1. The minimum absolute atomic E-state index is 0.190. The molecule has 22 heavy (non-hydrogen) atoms. The fourth-order valence-corrected chi connectivity index (χ4v) is 2.18. The van der Waals surface area contributed by atoms with Crippen LogP contribution in [0.15, 0.2) is 48.5 Å². The highest BCUT2D eigenvalue weighted by Gasteiger charge is 2.08. The number of anilines is 1. The Bertz CT molecular complexity index is 866. The molecule has 0 spiro atoms. The molecular weight excluding hydrogens is 298 g/mol. The Labute approximate surface area is 131 Å². The van der Waals surface area contributed by atoms with Crippen molar-refractivity contribution < 1.29 is 4.79 Å². The molecule has 0 unspecified atom stereocenters. The second-order valence-electron chi connectivity index (χ2n) is 4.79. The summed E-state index contributed by atoms with van der Waals surface area (Å²) in [6.07, 6.45) is 0. The smallest absolute Gasteiger partial charge is 0.255 e. The van der Waals surface area contributed by atoms with E-state index in [1.807, 2.05) is 37.3 Å². The van der Waals surface area contributed by atoms with E-state index in [0.717, 1.165) is 11.3 Å². The second kappa shape index (κ2) is 5.90. The first-order valence-electron chi connectivity index (χ1n) is 6.62. The van der Waals surface area contributed by atoms with Crippen LogP contribution in [0, 0.1) is 11.7 Å². The van der Waals surface area contributed by atoms with Gasteiger partial charge in [-0.3, -0.25) is 4.79 Å². The molecular formula is C15H13N5OS. The van der Waals surface area contributed by atoms with E-state index >= 15 is 0 Å². The molecule has 0 saturated heterocycles. The summed E-state index contributed by atoms with van der Waals surface area (Å²) in [6.45, 7) is 2.00. The predicted octanol–water partition coefficient (Wildman–Crippen LogP) is 2.89. The first-order valence-corrected chi connectivity index (χ1v) is 7.03. The van der Waals surface area contributed by atoms with E-state index in [1.54, 1.807) is 18.2 Å². The molecule has 7 heteroatoms. The number of carbonyl (C=O) groups is 1. The summed E-state index contributed by atoms with van der Waals surface area (Å²) < 4.78 is 1.83. The summed E-state index contributed by atoms with van der Waals surface area (Å²) in [7, 11) is 0. The number of tetrazole rings is 1. The molecule has 2 N–H and O–H groups in total. The molecule has 0 aliphatic rings. The maximum absolute atomic E-state index is 12.3. The van der Waals surface area contributed by atoms with E-state index in [1.165, 1.54) is 4.68 Å². The van der Waals surface area contributed by atoms with E-state index in [2.05, 4.69) is 20.8 Å². The molecule has 1 amide bonds. The molecule has 0 aliphatic heterocycles. The zero-order valence-corrected chi connectivity index (χ0v) is 12.6. The van der Waals surface area contributed by atoms with Gasteiger partial charge in [-0.25, -0.2) is 4.68 Å². The number of nitrogens with one attached hydrogen (secondary N) is 2. The van der Waals surface area contributed by atoms with Gasteiger partial charge >= 0.3 is 0 Å². The summed E-state index contributed by atoms with van der Waals surface area (Å²) >= 11 is 5.05. The van der Waals surface area contributed by atoms with E-state index in [-0.39, 0.29) is 5.91 Å². The van der Waals surface area contributed by atoms with Gasteiger partial charge in [-0.1, -0.05) is 34.1 Å². The molecule has 0 atom stereocenters. The fourth-order valence-electron chi connectivity index (χ4n) is 1.99. The zero-order chi connectivity index (χ0) is 15.5. The summed E-state index contributed by atoms with van der Waals surface area (Å²) in [5.74, 6) is -0.190. The molecule has 0 radical (unpaired) electrons. The van der Waals surface area contributed by atoms with Crippen LogP contribution in [0.5, 0.6) is 0 Å². The lowest BCUT2D eigenvalue weighted by Gasteiger charge is -2.07. The van der Waals surface area contributed by atoms with Gasteiger partial charge in [0.1, 0.15) is 0 Å². The lowest BCUT2D eigenvalue weighted by atomic mass is 10.1. The monoisotopic (exact) mass is 311 g/mol. The largest absolute Gasteiger partial charge is 0.322 e. The highest BCUT2D eigenvalue weighted by atomic mass is 32.1. The van der Waals surface area contributed by atoms with Crippen molar-refractivity contribution in [2.45, 2.75) is 6.92 Å². The molecule has 0 bridgehead atoms. The van der Waals surface area contributed by atoms with Crippen LogP contribution in [0.4, 0.5) is 5.69 Å². The molecule has 3 aromatic rings.